The molecular weight excluding hydrogens is 212 g/mol. The van der Waals surface area contributed by atoms with Crippen molar-refractivity contribution in [1.82, 2.24) is 10.6 Å². The van der Waals surface area contributed by atoms with E-state index in [9.17, 15) is 0 Å². The van der Waals surface area contributed by atoms with Crippen LogP contribution in [0.15, 0.2) is 0 Å². The molecule has 0 fully saturated rings. The number of carboxylic acids is 2. The molecule has 0 amide bonds. The van der Waals surface area contributed by atoms with Crippen LogP contribution in [0.3, 0.4) is 0 Å². The second-order valence-electron chi connectivity index (χ2n) is 2.75. The Bertz CT molecular complexity index is 137. The Hall–Kier alpha value is -1.14. The lowest BCUT2D eigenvalue weighted by molar-refractivity contribution is -0.135. The van der Waals surface area contributed by atoms with Crippen LogP contribution in [0.1, 0.15) is 27.7 Å². The summed E-state index contributed by atoms with van der Waals surface area (Å²) in [6, 6.07) is 0. The molecule has 0 saturated carbocycles. The molecule has 4 N–H and O–H groups in total. The van der Waals surface area contributed by atoms with Crippen LogP contribution in [0.4, 0.5) is 0 Å². The minimum absolute atomic E-state index is 0.833. The SMILES string of the molecule is CC(=O)O.CC(=O)O.CCNCCNCC. The molecule has 98 valence electrons. The van der Waals surface area contributed by atoms with E-state index < -0.39 is 11.9 Å². The first-order valence-corrected chi connectivity index (χ1v) is 5.18. The number of carbonyl (C=O) groups is 2. The minimum atomic E-state index is -0.833. The first-order chi connectivity index (χ1) is 7.38. The fourth-order valence-electron chi connectivity index (χ4n) is 0.530. The second-order valence-corrected chi connectivity index (χ2v) is 2.75. The highest BCUT2D eigenvalue weighted by Gasteiger charge is 1.79. The number of likely N-dealkylation sites (N-methyl/N-ethyl adjacent to an activating group) is 2. The lowest BCUT2D eigenvalue weighted by atomic mass is 10.6. The van der Waals surface area contributed by atoms with Gasteiger partial charge in [0.05, 0.1) is 0 Å². The van der Waals surface area contributed by atoms with Gasteiger partial charge < -0.3 is 20.8 Å². The highest BCUT2D eigenvalue weighted by Crippen LogP contribution is 1.56. The van der Waals surface area contributed by atoms with Crippen LogP contribution in [0.2, 0.25) is 0 Å². The van der Waals surface area contributed by atoms with E-state index in [4.69, 9.17) is 19.8 Å². The standard InChI is InChI=1S/C6H16N2.2C2H4O2/c1-3-7-5-6-8-4-2;2*1-2(3)4/h7-8H,3-6H2,1-2H3;2*1H3,(H,3,4). The molecule has 0 aliphatic carbocycles. The normalized spacial score (nSPS) is 8.00. The maximum absolute atomic E-state index is 9.00. The third-order valence-electron chi connectivity index (χ3n) is 0.979. The van der Waals surface area contributed by atoms with Gasteiger partial charge in [0.2, 0.25) is 0 Å². The summed E-state index contributed by atoms with van der Waals surface area (Å²) < 4.78 is 0. The van der Waals surface area contributed by atoms with Crippen LogP contribution in [-0.2, 0) is 9.59 Å². The van der Waals surface area contributed by atoms with Gasteiger partial charge in [0.1, 0.15) is 0 Å². The molecular formula is C10H24N2O4. The number of aliphatic carboxylic acids is 2. The van der Waals surface area contributed by atoms with Gasteiger partial charge in [-0.1, -0.05) is 13.8 Å². The van der Waals surface area contributed by atoms with Crippen LogP contribution >= 0.6 is 0 Å². The van der Waals surface area contributed by atoms with E-state index in [1.165, 1.54) is 0 Å². The number of nitrogens with one attached hydrogen (secondary N) is 2. The van der Waals surface area contributed by atoms with Crippen molar-refractivity contribution in [1.29, 1.82) is 0 Å². The molecule has 0 aromatic carbocycles. The van der Waals surface area contributed by atoms with Crippen molar-refractivity contribution in [2.75, 3.05) is 26.2 Å². The zero-order chi connectivity index (χ0) is 13.4. The molecule has 6 nitrogen and oxygen atoms in total. The monoisotopic (exact) mass is 236 g/mol. The van der Waals surface area contributed by atoms with Crippen LogP contribution in [0.25, 0.3) is 0 Å². The van der Waals surface area contributed by atoms with E-state index in [1.54, 1.807) is 0 Å². The summed E-state index contributed by atoms with van der Waals surface area (Å²) in [7, 11) is 0. The van der Waals surface area contributed by atoms with Crippen LogP contribution < -0.4 is 10.6 Å². The predicted octanol–water partition coefficient (Wildman–Crippen LogP) is 0.387. The van der Waals surface area contributed by atoms with Gasteiger partial charge in [-0.3, -0.25) is 9.59 Å². The summed E-state index contributed by atoms with van der Waals surface area (Å²) >= 11 is 0. The second kappa shape index (κ2) is 19.4. The van der Waals surface area contributed by atoms with Crippen molar-refractivity contribution in [3.05, 3.63) is 0 Å². The molecule has 0 radical (unpaired) electrons. The summed E-state index contributed by atoms with van der Waals surface area (Å²) in [5.74, 6) is -1.67. The van der Waals surface area contributed by atoms with Gasteiger partial charge in [-0.15, -0.1) is 0 Å². The Morgan fingerprint density at radius 1 is 0.875 bits per heavy atom. The predicted molar refractivity (Wildman–Crippen MR) is 63.7 cm³/mol. The summed E-state index contributed by atoms with van der Waals surface area (Å²) in [6.45, 7) is 10.7. The van der Waals surface area contributed by atoms with Crippen molar-refractivity contribution >= 4 is 11.9 Å². The number of hydrogen-bond acceptors (Lipinski definition) is 4. The topological polar surface area (TPSA) is 98.7 Å². The van der Waals surface area contributed by atoms with E-state index in [0.29, 0.717) is 0 Å². The molecule has 6 heteroatoms. The Labute approximate surface area is 97.0 Å². The van der Waals surface area contributed by atoms with E-state index in [2.05, 4.69) is 24.5 Å². The number of rotatable bonds is 5. The quantitative estimate of drug-likeness (QED) is 0.515. The van der Waals surface area contributed by atoms with Gasteiger partial charge in [0.15, 0.2) is 0 Å². The van der Waals surface area contributed by atoms with Gasteiger partial charge in [0.25, 0.3) is 11.9 Å². The molecule has 0 aromatic heterocycles. The van der Waals surface area contributed by atoms with E-state index >= 15 is 0 Å². The number of carboxylic acid groups (broad SMARTS) is 2. The average Bonchev–Trinajstić information content (AvgIpc) is 2.11. The smallest absolute Gasteiger partial charge is 0.300 e. The molecule has 0 unspecified atom stereocenters. The van der Waals surface area contributed by atoms with Crippen LogP contribution in [0.5, 0.6) is 0 Å². The minimum Gasteiger partial charge on any atom is -0.481 e. The third kappa shape index (κ3) is 121. The molecule has 0 atom stereocenters. The first kappa shape index (κ1) is 20.3. The van der Waals surface area contributed by atoms with Crippen molar-refractivity contribution < 1.29 is 19.8 Å². The zero-order valence-electron chi connectivity index (χ0n) is 10.5. The fraction of sp³-hybridized carbons (Fsp3) is 0.800. The van der Waals surface area contributed by atoms with E-state index in [0.717, 1.165) is 40.0 Å². The van der Waals surface area contributed by atoms with E-state index in [1.807, 2.05) is 0 Å². The van der Waals surface area contributed by atoms with Gasteiger partial charge in [-0.2, -0.15) is 0 Å². The highest BCUT2D eigenvalue weighted by atomic mass is 16.4. The summed E-state index contributed by atoms with van der Waals surface area (Å²) in [4.78, 5) is 18.0. The van der Waals surface area contributed by atoms with Crippen molar-refractivity contribution in [2.24, 2.45) is 0 Å². The molecule has 16 heavy (non-hydrogen) atoms. The molecule has 0 bridgehead atoms. The van der Waals surface area contributed by atoms with Crippen molar-refractivity contribution in [3.63, 3.8) is 0 Å². The average molecular weight is 236 g/mol. The third-order valence-corrected chi connectivity index (χ3v) is 0.979. The highest BCUT2D eigenvalue weighted by molar-refractivity contribution is 5.63. The largest absolute Gasteiger partial charge is 0.481 e. The van der Waals surface area contributed by atoms with Gasteiger partial charge in [0, 0.05) is 26.9 Å². The Morgan fingerprint density at radius 2 is 1.06 bits per heavy atom. The summed E-state index contributed by atoms with van der Waals surface area (Å²) in [5.41, 5.74) is 0. The van der Waals surface area contributed by atoms with Crippen LogP contribution in [-0.4, -0.2) is 48.3 Å². The lowest BCUT2D eigenvalue weighted by Crippen LogP contribution is -2.26. The Balaban J connectivity index is -0.000000179. The van der Waals surface area contributed by atoms with Gasteiger partial charge >= 0.3 is 0 Å². The lowest BCUT2D eigenvalue weighted by Gasteiger charge is -1.99. The number of hydrogen-bond donors (Lipinski definition) is 4. The van der Waals surface area contributed by atoms with Crippen LogP contribution in [0, 0.1) is 0 Å². The zero-order valence-corrected chi connectivity index (χ0v) is 10.5. The Morgan fingerprint density at radius 3 is 1.19 bits per heavy atom. The maximum Gasteiger partial charge on any atom is 0.300 e. The Kier molecular flexibility index (Phi) is 24.7. The maximum atomic E-state index is 9.00. The molecule has 0 spiro atoms. The molecule has 0 aromatic rings. The summed E-state index contributed by atoms with van der Waals surface area (Å²) in [6.07, 6.45) is 0. The van der Waals surface area contributed by atoms with Crippen molar-refractivity contribution in [2.45, 2.75) is 27.7 Å². The molecule has 0 saturated heterocycles. The van der Waals surface area contributed by atoms with Crippen molar-refractivity contribution in [3.8, 4) is 0 Å². The molecule has 0 heterocycles. The molecule has 0 aliphatic heterocycles. The fourth-order valence-corrected chi connectivity index (χ4v) is 0.530. The summed E-state index contributed by atoms with van der Waals surface area (Å²) in [5, 5.41) is 21.3. The first-order valence-electron chi connectivity index (χ1n) is 5.18. The molecule has 0 rings (SSSR count). The molecule has 0 aliphatic rings. The van der Waals surface area contributed by atoms with E-state index in [-0.39, 0.29) is 0 Å². The van der Waals surface area contributed by atoms with Gasteiger partial charge in [-0.25, -0.2) is 0 Å². The van der Waals surface area contributed by atoms with Gasteiger partial charge in [-0.05, 0) is 13.1 Å².